The second kappa shape index (κ2) is 7.58. The molecule has 0 aliphatic rings. The third-order valence-electron chi connectivity index (χ3n) is 3.43. The van der Waals surface area contributed by atoms with Gasteiger partial charge in [0.25, 0.3) is 11.6 Å². The Labute approximate surface area is 152 Å². The van der Waals surface area contributed by atoms with Gasteiger partial charge < -0.3 is 0 Å². The van der Waals surface area contributed by atoms with Crippen LogP contribution in [0.3, 0.4) is 0 Å². The van der Waals surface area contributed by atoms with Gasteiger partial charge in [0.2, 0.25) is 0 Å². The van der Waals surface area contributed by atoms with Gasteiger partial charge in [-0.15, -0.1) is 0 Å². The fraction of sp³-hybridized carbons (Fsp3) is 0. The van der Waals surface area contributed by atoms with Gasteiger partial charge >= 0.3 is 0 Å². The van der Waals surface area contributed by atoms with Crippen LogP contribution in [0.2, 0.25) is 5.02 Å². The average Bonchev–Trinajstić information content (AvgIpc) is 3.12. The number of halogens is 1. The van der Waals surface area contributed by atoms with Crippen LogP contribution in [0, 0.1) is 10.1 Å². The molecule has 0 radical (unpaired) electrons. The molecule has 2 aromatic carbocycles. The number of H-pyrrole nitrogens is 1. The number of aromatic amines is 1. The lowest BCUT2D eigenvalue weighted by molar-refractivity contribution is -0.384. The van der Waals surface area contributed by atoms with Crippen molar-refractivity contribution >= 4 is 29.4 Å². The van der Waals surface area contributed by atoms with E-state index in [0.29, 0.717) is 21.8 Å². The van der Waals surface area contributed by atoms with E-state index in [-0.39, 0.29) is 11.4 Å². The second-order valence-corrected chi connectivity index (χ2v) is 5.61. The zero-order valence-corrected chi connectivity index (χ0v) is 14.0. The van der Waals surface area contributed by atoms with Crippen LogP contribution >= 0.6 is 11.6 Å². The molecule has 0 saturated heterocycles. The van der Waals surface area contributed by atoms with E-state index in [0.717, 1.165) is 0 Å². The van der Waals surface area contributed by atoms with Crippen LogP contribution in [0.5, 0.6) is 0 Å². The fourth-order valence-corrected chi connectivity index (χ4v) is 2.42. The summed E-state index contributed by atoms with van der Waals surface area (Å²) < 4.78 is 0. The number of nitro groups is 1. The van der Waals surface area contributed by atoms with E-state index < -0.39 is 10.8 Å². The van der Waals surface area contributed by atoms with Crippen molar-refractivity contribution in [3.63, 3.8) is 0 Å². The first-order valence-electron chi connectivity index (χ1n) is 7.43. The minimum Gasteiger partial charge on any atom is -0.272 e. The molecule has 0 spiro atoms. The number of amides is 1. The van der Waals surface area contributed by atoms with Crippen LogP contribution in [-0.2, 0) is 0 Å². The van der Waals surface area contributed by atoms with Crippen molar-refractivity contribution in [1.82, 2.24) is 15.6 Å². The highest BCUT2D eigenvalue weighted by Crippen LogP contribution is 2.26. The van der Waals surface area contributed by atoms with Crippen LogP contribution in [0.15, 0.2) is 59.7 Å². The number of benzene rings is 2. The quantitative estimate of drug-likeness (QED) is 0.407. The molecule has 3 rings (SSSR count). The smallest absolute Gasteiger partial charge is 0.272 e. The van der Waals surface area contributed by atoms with Crippen LogP contribution < -0.4 is 5.43 Å². The van der Waals surface area contributed by atoms with Crippen molar-refractivity contribution in [2.24, 2.45) is 5.10 Å². The Morgan fingerprint density at radius 2 is 2.04 bits per heavy atom. The molecule has 0 atom stereocenters. The SMILES string of the molecule is O=C(N/N=C\c1cccc([N+](=O)[O-])c1)c1cc(-c2ccccc2Cl)n[nH]1. The predicted molar refractivity (Wildman–Crippen MR) is 97.2 cm³/mol. The first-order valence-corrected chi connectivity index (χ1v) is 7.80. The molecule has 0 fully saturated rings. The topological polar surface area (TPSA) is 113 Å². The predicted octanol–water partition coefficient (Wildman–Crippen LogP) is 3.40. The van der Waals surface area contributed by atoms with Crippen molar-refractivity contribution in [2.45, 2.75) is 0 Å². The maximum Gasteiger partial charge on any atom is 0.289 e. The Hall–Kier alpha value is -3.52. The highest BCUT2D eigenvalue weighted by Gasteiger charge is 2.12. The number of rotatable bonds is 5. The summed E-state index contributed by atoms with van der Waals surface area (Å²) in [6.07, 6.45) is 1.32. The maximum absolute atomic E-state index is 12.1. The molecule has 26 heavy (non-hydrogen) atoms. The van der Waals surface area contributed by atoms with E-state index in [2.05, 4.69) is 20.7 Å². The van der Waals surface area contributed by atoms with Crippen LogP contribution in [0.1, 0.15) is 16.1 Å². The molecule has 0 saturated carbocycles. The summed E-state index contributed by atoms with van der Waals surface area (Å²) in [5, 5.41) is 21.7. The summed E-state index contributed by atoms with van der Waals surface area (Å²) in [6.45, 7) is 0. The van der Waals surface area contributed by atoms with Crippen molar-refractivity contribution in [3.05, 3.63) is 81.0 Å². The molecule has 0 aliphatic carbocycles. The van der Waals surface area contributed by atoms with Crippen LogP contribution in [0.25, 0.3) is 11.3 Å². The zero-order valence-electron chi connectivity index (χ0n) is 13.2. The van der Waals surface area contributed by atoms with E-state index in [1.54, 1.807) is 30.3 Å². The van der Waals surface area contributed by atoms with E-state index in [4.69, 9.17) is 11.6 Å². The highest BCUT2D eigenvalue weighted by atomic mass is 35.5. The largest absolute Gasteiger partial charge is 0.289 e. The Bertz CT molecular complexity index is 999. The molecular weight excluding hydrogens is 358 g/mol. The summed E-state index contributed by atoms with van der Waals surface area (Å²) >= 11 is 6.11. The molecule has 8 nitrogen and oxygen atoms in total. The highest BCUT2D eigenvalue weighted by molar-refractivity contribution is 6.33. The Morgan fingerprint density at radius 3 is 2.81 bits per heavy atom. The Kier molecular flexibility index (Phi) is 5.04. The maximum atomic E-state index is 12.1. The Morgan fingerprint density at radius 1 is 1.23 bits per heavy atom. The number of non-ortho nitro benzene ring substituents is 1. The van der Waals surface area contributed by atoms with Gasteiger partial charge in [0.1, 0.15) is 5.69 Å². The first kappa shape index (κ1) is 17.3. The van der Waals surface area contributed by atoms with E-state index in [1.165, 1.54) is 24.4 Å². The fourth-order valence-electron chi connectivity index (χ4n) is 2.19. The van der Waals surface area contributed by atoms with Gasteiger partial charge in [-0.05, 0) is 12.1 Å². The second-order valence-electron chi connectivity index (χ2n) is 5.20. The van der Waals surface area contributed by atoms with Gasteiger partial charge in [0.05, 0.1) is 21.9 Å². The molecule has 0 aliphatic heterocycles. The number of aromatic nitrogens is 2. The van der Waals surface area contributed by atoms with Gasteiger partial charge in [-0.1, -0.05) is 41.9 Å². The third kappa shape index (κ3) is 3.93. The molecule has 0 bridgehead atoms. The standard InChI is InChI=1S/C17H12ClN5O3/c18-14-7-2-1-6-13(14)15-9-16(21-20-15)17(24)22-19-10-11-4-3-5-12(8-11)23(25)26/h1-10H,(H,20,21)(H,22,24)/b19-10-. The van der Waals surface area contributed by atoms with Crippen molar-refractivity contribution in [2.75, 3.05) is 0 Å². The summed E-state index contributed by atoms with van der Waals surface area (Å²) in [7, 11) is 0. The van der Waals surface area contributed by atoms with E-state index in [1.807, 2.05) is 6.07 Å². The van der Waals surface area contributed by atoms with Gasteiger partial charge in [-0.3, -0.25) is 20.0 Å². The summed E-state index contributed by atoms with van der Waals surface area (Å²) in [5.41, 5.74) is 4.20. The lowest BCUT2D eigenvalue weighted by atomic mass is 10.1. The Balaban J connectivity index is 1.68. The molecule has 1 amide bonds. The lowest BCUT2D eigenvalue weighted by Gasteiger charge is -1.98. The van der Waals surface area contributed by atoms with E-state index in [9.17, 15) is 14.9 Å². The molecule has 1 heterocycles. The molecular formula is C17H12ClN5O3. The first-order chi connectivity index (χ1) is 12.5. The zero-order chi connectivity index (χ0) is 18.5. The van der Waals surface area contributed by atoms with Crippen LogP contribution in [0.4, 0.5) is 5.69 Å². The summed E-state index contributed by atoms with van der Waals surface area (Å²) in [4.78, 5) is 22.3. The summed E-state index contributed by atoms with van der Waals surface area (Å²) in [5.74, 6) is -0.502. The summed E-state index contributed by atoms with van der Waals surface area (Å²) in [6, 6.07) is 14.6. The number of nitro benzene ring substituents is 1. The average molecular weight is 370 g/mol. The molecule has 1 aromatic heterocycles. The molecule has 9 heteroatoms. The van der Waals surface area contributed by atoms with Gasteiger partial charge in [-0.25, -0.2) is 5.43 Å². The third-order valence-corrected chi connectivity index (χ3v) is 3.76. The lowest BCUT2D eigenvalue weighted by Crippen LogP contribution is -2.18. The van der Waals surface area contributed by atoms with Crippen LogP contribution in [-0.4, -0.2) is 27.2 Å². The number of nitrogens with zero attached hydrogens (tertiary/aromatic N) is 3. The van der Waals surface area contributed by atoms with Crippen molar-refractivity contribution < 1.29 is 9.72 Å². The molecule has 130 valence electrons. The molecule has 3 aromatic rings. The number of hydrogen-bond acceptors (Lipinski definition) is 5. The minimum absolute atomic E-state index is 0.0572. The monoisotopic (exact) mass is 369 g/mol. The molecule has 2 N–H and O–H groups in total. The molecule has 0 unspecified atom stereocenters. The van der Waals surface area contributed by atoms with E-state index >= 15 is 0 Å². The van der Waals surface area contributed by atoms with Gasteiger partial charge in [-0.2, -0.15) is 10.2 Å². The minimum atomic E-state index is -0.503. The number of nitrogens with one attached hydrogen (secondary N) is 2. The number of carbonyl (C=O) groups is 1. The number of hydrazone groups is 1. The number of carbonyl (C=O) groups excluding carboxylic acids is 1. The normalized spacial score (nSPS) is 10.8. The van der Waals surface area contributed by atoms with Gasteiger partial charge in [0, 0.05) is 23.3 Å². The van der Waals surface area contributed by atoms with Gasteiger partial charge in [0.15, 0.2) is 0 Å². The van der Waals surface area contributed by atoms with Crippen molar-refractivity contribution in [1.29, 1.82) is 0 Å². The number of hydrogen-bond donors (Lipinski definition) is 2. The van der Waals surface area contributed by atoms with Crippen molar-refractivity contribution in [3.8, 4) is 11.3 Å².